The van der Waals surface area contributed by atoms with E-state index in [0.717, 1.165) is 44.1 Å². The zero-order valence-electron chi connectivity index (χ0n) is 13.5. The number of hydrogen-bond acceptors (Lipinski definition) is 4. The van der Waals surface area contributed by atoms with Gasteiger partial charge in [0.15, 0.2) is 11.5 Å². The van der Waals surface area contributed by atoms with Crippen LogP contribution in [0.4, 0.5) is 0 Å². The number of halogens is 1. The summed E-state index contributed by atoms with van der Waals surface area (Å²) in [5.74, 6) is 2.25. The molecule has 1 aromatic carbocycles. The molecule has 5 nitrogen and oxygen atoms in total. The number of carbonyl (C=O) groups excluding carboxylic acids is 1. The molecule has 0 spiro atoms. The van der Waals surface area contributed by atoms with Gasteiger partial charge in [-0.1, -0.05) is 0 Å². The molecule has 3 rings (SSSR count). The molecule has 0 atom stereocenters. The number of likely N-dealkylation sites (tertiary alicyclic amines) is 1. The van der Waals surface area contributed by atoms with Crippen LogP contribution in [0.5, 0.6) is 11.5 Å². The zero-order chi connectivity index (χ0) is 15.4. The van der Waals surface area contributed by atoms with Gasteiger partial charge >= 0.3 is 0 Å². The predicted molar refractivity (Wildman–Crippen MR) is 91.9 cm³/mol. The van der Waals surface area contributed by atoms with Crippen LogP contribution >= 0.6 is 12.4 Å². The Labute approximate surface area is 143 Å². The average Bonchev–Trinajstić information content (AvgIpc) is 2.59. The van der Waals surface area contributed by atoms with Crippen molar-refractivity contribution in [2.45, 2.75) is 19.3 Å². The monoisotopic (exact) mass is 340 g/mol. The van der Waals surface area contributed by atoms with Crippen molar-refractivity contribution in [1.29, 1.82) is 0 Å². The Morgan fingerprint density at radius 2 is 1.91 bits per heavy atom. The third kappa shape index (κ3) is 4.30. The highest BCUT2D eigenvalue weighted by atomic mass is 35.5. The first-order chi connectivity index (χ1) is 10.8. The van der Waals surface area contributed by atoms with Crippen LogP contribution in [0.1, 0.15) is 29.6 Å². The van der Waals surface area contributed by atoms with Crippen molar-refractivity contribution in [2.75, 3.05) is 39.9 Å². The minimum absolute atomic E-state index is 0. The van der Waals surface area contributed by atoms with Crippen molar-refractivity contribution in [3.05, 3.63) is 23.8 Å². The number of benzene rings is 1. The lowest BCUT2D eigenvalue weighted by molar-refractivity contribution is 0.0686. The molecule has 2 aliphatic heterocycles. The third-order valence-electron chi connectivity index (χ3n) is 4.49. The number of nitrogens with one attached hydrogen (secondary N) is 1. The standard InChI is InChI=1S/C17H24N2O3.ClH/c1-18-7-4-13-5-8-19(9-6-13)17(20)14-2-3-15-16(12-14)22-11-10-21-15;/h2-3,12-13,18H,4-11H2,1H3;1H. The molecule has 2 aliphatic rings. The maximum absolute atomic E-state index is 12.6. The summed E-state index contributed by atoms with van der Waals surface area (Å²) in [5, 5.41) is 3.20. The molecule has 1 saturated heterocycles. The summed E-state index contributed by atoms with van der Waals surface area (Å²) in [6.45, 7) is 3.87. The van der Waals surface area contributed by atoms with Gasteiger partial charge in [-0.25, -0.2) is 0 Å². The van der Waals surface area contributed by atoms with Crippen molar-refractivity contribution in [3.8, 4) is 11.5 Å². The van der Waals surface area contributed by atoms with E-state index >= 15 is 0 Å². The van der Waals surface area contributed by atoms with E-state index in [1.807, 2.05) is 30.1 Å². The van der Waals surface area contributed by atoms with Crippen LogP contribution in [0, 0.1) is 5.92 Å². The number of fused-ring (bicyclic) bond motifs is 1. The van der Waals surface area contributed by atoms with E-state index in [2.05, 4.69) is 5.32 Å². The quantitative estimate of drug-likeness (QED) is 0.914. The van der Waals surface area contributed by atoms with E-state index in [-0.39, 0.29) is 18.3 Å². The number of rotatable bonds is 4. The van der Waals surface area contributed by atoms with Gasteiger partial charge in [-0.2, -0.15) is 0 Å². The van der Waals surface area contributed by atoms with E-state index in [1.165, 1.54) is 6.42 Å². The van der Waals surface area contributed by atoms with Crippen LogP contribution in [0.15, 0.2) is 18.2 Å². The van der Waals surface area contributed by atoms with Gasteiger partial charge in [0, 0.05) is 18.7 Å². The molecule has 23 heavy (non-hydrogen) atoms. The fourth-order valence-corrected chi connectivity index (χ4v) is 3.13. The number of amides is 1. The lowest BCUT2D eigenvalue weighted by atomic mass is 9.93. The highest BCUT2D eigenvalue weighted by Crippen LogP contribution is 2.31. The lowest BCUT2D eigenvalue weighted by Gasteiger charge is -2.32. The number of ether oxygens (including phenoxy) is 2. The van der Waals surface area contributed by atoms with Crippen molar-refractivity contribution < 1.29 is 14.3 Å². The van der Waals surface area contributed by atoms with Gasteiger partial charge in [0.05, 0.1) is 0 Å². The first-order valence-corrected chi connectivity index (χ1v) is 8.11. The van der Waals surface area contributed by atoms with Gasteiger partial charge < -0.3 is 19.7 Å². The first-order valence-electron chi connectivity index (χ1n) is 8.11. The molecule has 6 heteroatoms. The summed E-state index contributed by atoms with van der Waals surface area (Å²) in [6, 6.07) is 5.48. The summed E-state index contributed by atoms with van der Waals surface area (Å²) < 4.78 is 11.1. The van der Waals surface area contributed by atoms with Crippen LogP contribution in [0.25, 0.3) is 0 Å². The Kier molecular flexibility index (Phi) is 6.54. The van der Waals surface area contributed by atoms with Crippen LogP contribution in [0.3, 0.4) is 0 Å². The number of hydrogen-bond donors (Lipinski definition) is 1. The maximum atomic E-state index is 12.6. The van der Waals surface area contributed by atoms with Crippen molar-refractivity contribution in [1.82, 2.24) is 10.2 Å². The van der Waals surface area contributed by atoms with Gasteiger partial charge in [-0.05, 0) is 57.0 Å². The topological polar surface area (TPSA) is 50.8 Å². The van der Waals surface area contributed by atoms with E-state index in [0.29, 0.717) is 24.5 Å². The van der Waals surface area contributed by atoms with Gasteiger partial charge in [0.1, 0.15) is 13.2 Å². The molecule has 128 valence electrons. The Bertz CT molecular complexity index is 531. The highest BCUT2D eigenvalue weighted by molar-refractivity contribution is 5.95. The molecule has 0 saturated carbocycles. The smallest absolute Gasteiger partial charge is 0.253 e. The molecular formula is C17H25ClN2O3. The Morgan fingerprint density at radius 1 is 1.22 bits per heavy atom. The summed E-state index contributed by atoms with van der Waals surface area (Å²) in [6.07, 6.45) is 3.39. The van der Waals surface area contributed by atoms with Crippen molar-refractivity contribution >= 4 is 18.3 Å². The van der Waals surface area contributed by atoms with Gasteiger partial charge in [0.2, 0.25) is 0 Å². The van der Waals surface area contributed by atoms with E-state index in [1.54, 1.807) is 0 Å². The molecule has 0 aliphatic carbocycles. The molecule has 1 amide bonds. The van der Waals surface area contributed by atoms with E-state index in [4.69, 9.17) is 9.47 Å². The van der Waals surface area contributed by atoms with Crippen molar-refractivity contribution in [3.63, 3.8) is 0 Å². The first kappa shape index (κ1) is 17.9. The second kappa shape index (κ2) is 8.41. The summed E-state index contributed by atoms with van der Waals surface area (Å²) in [5.41, 5.74) is 0.693. The second-order valence-electron chi connectivity index (χ2n) is 5.99. The van der Waals surface area contributed by atoms with Gasteiger partial charge in [-0.15, -0.1) is 12.4 Å². The van der Waals surface area contributed by atoms with E-state index < -0.39 is 0 Å². The van der Waals surface area contributed by atoms with Crippen LogP contribution in [-0.4, -0.2) is 50.7 Å². The minimum Gasteiger partial charge on any atom is -0.486 e. The number of carbonyl (C=O) groups is 1. The Balaban J connectivity index is 0.00000192. The molecule has 2 heterocycles. The van der Waals surface area contributed by atoms with Crippen LogP contribution in [0.2, 0.25) is 0 Å². The summed E-state index contributed by atoms with van der Waals surface area (Å²) >= 11 is 0. The third-order valence-corrected chi connectivity index (χ3v) is 4.49. The molecule has 0 unspecified atom stereocenters. The predicted octanol–water partition coefficient (Wildman–Crippen LogP) is 2.34. The van der Waals surface area contributed by atoms with Crippen LogP contribution in [-0.2, 0) is 0 Å². The highest BCUT2D eigenvalue weighted by Gasteiger charge is 2.24. The lowest BCUT2D eigenvalue weighted by Crippen LogP contribution is -2.39. The SMILES string of the molecule is CNCCC1CCN(C(=O)c2ccc3c(c2)OCCO3)CC1.Cl. The fourth-order valence-electron chi connectivity index (χ4n) is 3.13. The molecule has 1 aromatic rings. The maximum Gasteiger partial charge on any atom is 0.253 e. The molecule has 1 N–H and O–H groups in total. The number of piperidine rings is 1. The van der Waals surface area contributed by atoms with E-state index in [9.17, 15) is 4.79 Å². The summed E-state index contributed by atoms with van der Waals surface area (Å²) in [7, 11) is 1.99. The average molecular weight is 341 g/mol. The Morgan fingerprint density at radius 3 is 2.61 bits per heavy atom. The fraction of sp³-hybridized carbons (Fsp3) is 0.588. The van der Waals surface area contributed by atoms with Gasteiger partial charge in [0.25, 0.3) is 5.91 Å². The van der Waals surface area contributed by atoms with Crippen molar-refractivity contribution in [2.24, 2.45) is 5.92 Å². The number of nitrogens with zero attached hydrogens (tertiary/aromatic N) is 1. The molecule has 0 aromatic heterocycles. The molecular weight excluding hydrogens is 316 g/mol. The molecule has 1 fully saturated rings. The molecule has 0 radical (unpaired) electrons. The minimum atomic E-state index is 0. The molecule has 0 bridgehead atoms. The second-order valence-corrected chi connectivity index (χ2v) is 5.99. The van der Waals surface area contributed by atoms with Gasteiger partial charge in [-0.3, -0.25) is 4.79 Å². The summed E-state index contributed by atoms with van der Waals surface area (Å²) in [4.78, 5) is 14.6. The zero-order valence-corrected chi connectivity index (χ0v) is 14.4. The van der Waals surface area contributed by atoms with Crippen LogP contribution < -0.4 is 14.8 Å². The largest absolute Gasteiger partial charge is 0.486 e. The normalized spacial score (nSPS) is 17.5. The Hall–Kier alpha value is -1.46.